The van der Waals surface area contributed by atoms with Crippen LogP contribution in [0.3, 0.4) is 0 Å². The van der Waals surface area contributed by atoms with Crippen molar-refractivity contribution in [1.29, 1.82) is 0 Å². The predicted octanol–water partition coefficient (Wildman–Crippen LogP) is 4.95. The number of carboxylic acid groups (broad SMARTS) is 3. The zero-order chi connectivity index (χ0) is 19.8. The third-order valence-corrected chi connectivity index (χ3v) is 4.91. The van der Waals surface area contributed by atoms with Gasteiger partial charge >= 0.3 is 17.9 Å². The summed E-state index contributed by atoms with van der Waals surface area (Å²) in [5.41, 5.74) is 0. The van der Waals surface area contributed by atoms with E-state index in [9.17, 15) is 24.6 Å². The van der Waals surface area contributed by atoms with Gasteiger partial charge in [-0.05, 0) is 32.1 Å². The van der Waals surface area contributed by atoms with E-state index in [1.807, 2.05) is 0 Å². The summed E-state index contributed by atoms with van der Waals surface area (Å²) in [4.78, 5) is 33.2. The average molecular weight is 373 g/mol. The first-order valence-electron chi connectivity index (χ1n) is 10.1. The molecule has 2 unspecified atom stereocenters. The van der Waals surface area contributed by atoms with Crippen molar-refractivity contribution in [2.75, 3.05) is 0 Å². The van der Waals surface area contributed by atoms with Gasteiger partial charge in [0, 0.05) is 6.42 Å². The van der Waals surface area contributed by atoms with Crippen molar-refractivity contribution in [1.82, 2.24) is 0 Å². The molecule has 0 radical (unpaired) electrons. The minimum Gasteiger partial charge on any atom is -0.481 e. The molecule has 0 aromatic rings. The van der Waals surface area contributed by atoms with Gasteiger partial charge in [-0.25, -0.2) is 0 Å². The highest BCUT2D eigenvalue weighted by atomic mass is 16.4. The van der Waals surface area contributed by atoms with Gasteiger partial charge in [-0.3, -0.25) is 14.4 Å². The fraction of sp³-hybridized carbons (Fsp3) is 0.850. The summed E-state index contributed by atoms with van der Waals surface area (Å²) < 4.78 is 0. The molecule has 0 aliphatic carbocycles. The number of rotatable bonds is 18. The molecule has 0 aliphatic heterocycles. The van der Waals surface area contributed by atoms with E-state index in [1.165, 1.54) is 0 Å². The van der Waals surface area contributed by atoms with Gasteiger partial charge in [0.1, 0.15) is 0 Å². The highest BCUT2D eigenvalue weighted by Crippen LogP contribution is 2.23. The molecule has 0 saturated carbocycles. The highest BCUT2D eigenvalue weighted by molar-refractivity contribution is 5.71. The fourth-order valence-electron chi connectivity index (χ4n) is 3.20. The third-order valence-electron chi connectivity index (χ3n) is 4.91. The van der Waals surface area contributed by atoms with Gasteiger partial charge in [0.15, 0.2) is 0 Å². The maximum Gasteiger partial charge on any atom is 0.306 e. The summed E-state index contributed by atoms with van der Waals surface area (Å²) in [5, 5.41) is 27.3. The van der Waals surface area contributed by atoms with Crippen molar-refractivity contribution in [3.63, 3.8) is 0 Å². The van der Waals surface area contributed by atoms with Crippen LogP contribution in [0.2, 0.25) is 0 Å². The van der Waals surface area contributed by atoms with Crippen LogP contribution in [-0.4, -0.2) is 33.2 Å². The molecule has 0 aromatic carbocycles. The summed E-state index contributed by atoms with van der Waals surface area (Å²) in [6.45, 7) is 2.11. The van der Waals surface area contributed by atoms with Crippen molar-refractivity contribution in [3.05, 3.63) is 0 Å². The first kappa shape index (κ1) is 24.4. The first-order valence-corrected chi connectivity index (χ1v) is 10.1. The van der Waals surface area contributed by atoms with E-state index in [2.05, 4.69) is 6.92 Å². The lowest BCUT2D eigenvalue weighted by molar-refractivity contribution is -0.145. The van der Waals surface area contributed by atoms with Crippen molar-refractivity contribution in [2.24, 2.45) is 11.8 Å². The molecule has 3 N–H and O–H groups in total. The van der Waals surface area contributed by atoms with Crippen LogP contribution < -0.4 is 0 Å². The molecular weight excluding hydrogens is 336 g/mol. The van der Waals surface area contributed by atoms with Crippen LogP contribution in [0.5, 0.6) is 0 Å². The second kappa shape index (κ2) is 15.6. The largest absolute Gasteiger partial charge is 0.481 e. The Morgan fingerprint density at radius 3 is 1.46 bits per heavy atom. The second-order valence-electron chi connectivity index (χ2n) is 7.20. The molecule has 0 aliphatic rings. The molecular formula is C20H36O6. The maximum atomic E-state index is 11.4. The molecule has 0 bridgehead atoms. The number of carbonyl (C=O) groups is 3. The van der Waals surface area contributed by atoms with E-state index in [4.69, 9.17) is 5.11 Å². The number of aliphatic carboxylic acids is 3. The van der Waals surface area contributed by atoms with Crippen LogP contribution in [0.1, 0.15) is 96.8 Å². The molecule has 26 heavy (non-hydrogen) atoms. The monoisotopic (exact) mass is 372 g/mol. The smallest absolute Gasteiger partial charge is 0.306 e. The molecule has 0 amide bonds. The Labute approximate surface area is 157 Å². The maximum absolute atomic E-state index is 11.4. The molecule has 6 heteroatoms. The topological polar surface area (TPSA) is 112 Å². The molecule has 152 valence electrons. The van der Waals surface area contributed by atoms with Gasteiger partial charge in [0.25, 0.3) is 0 Å². The quantitative estimate of drug-likeness (QED) is 0.293. The lowest BCUT2D eigenvalue weighted by Crippen LogP contribution is -2.19. The summed E-state index contributed by atoms with van der Waals surface area (Å²) in [7, 11) is 0. The van der Waals surface area contributed by atoms with Crippen LogP contribution in [0.15, 0.2) is 0 Å². The Kier molecular flexibility index (Phi) is 14.7. The number of carboxylic acids is 3. The minimum atomic E-state index is -0.842. The van der Waals surface area contributed by atoms with E-state index in [0.29, 0.717) is 32.1 Å². The van der Waals surface area contributed by atoms with E-state index < -0.39 is 29.7 Å². The number of hydrogen-bond donors (Lipinski definition) is 3. The Morgan fingerprint density at radius 2 is 1.04 bits per heavy atom. The molecule has 0 aromatic heterocycles. The molecule has 0 fully saturated rings. The van der Waals surface area contributed by atoms with Crippen LogP contribution in [-0.2, 0) is 14.4 Å². The Bertz CT molecular complexity index is 407. The van der Waals surface area contributed by atoms with Crippen LogP contribution >= 0.6 is 0 Å². The average Bonchev–Trinajstić information content (AvgIpc) is 2.57. The van der Waals surface area contributed by atoms with Crippen molar-refractivity contribution in [3.8, 4) is 0 Å². The Morgan fingerprint density at radius 1 is 0.615 bits per heavy atom. The Balaban J connectivity index is 4.06. The van der Waals surface area contributed by atoms with Gasteiger partial charge in [-0.2, -0.15) is 0 Å². The first-order chi connectivity index (χ1) is 12.4. The van der Waals surface area contributed by atoms with Crippen molar-refractivity contribution < 1.29 is 29.7 Å². The second-order valence-corrected chi connectivity index (χ2v) is 7.20. The zero-order valence-electron chi connectivity index (χ0n) is 16.1. The Hall–Kier alpha value is -1.59. The van der Waals surface area contributed by atoms with Gasteiger partial charge < -0.3 is 15.3 Å². The summed E-state index contributed by atoms with van der Waals surface area (Å²) >= 11 is 0. The molecule has 0 saturated heterocycles. The van der Waals surface area contributed by atoms with Gasteiger partial charge in [0.05, 0.1) is 11.8 Å². The number of hydrogen-bond acceptors (Lipinski definition) is 3. The SMILES string of the molecule is CCCCCCC(CCC(CCCCCCCC(=O)O)C(=O)O)C(=O)O. The van der Waals surface area contributed by atoms with Gasteiger partial charge in [-0.1, -0.05) is 58.3 Å². The lowest BCUT2D eigenvalue weighted by Gasteiger charge is -2.16. The molecule has 0 spiro atoms. The van der Waals surface area contributed by atoms with Crippen LogP contribution in [0, 0.1) is 11.8 Å². The van der Waals surface area contributed by atoms with Gasteiger partial charge in [0.2, 0.25) is 0 Å². The highest BCUT2D eigenvalue weighted by Gasteiger charge is 2.22. The summed E-state index contributed by atoms with van der Waals surface area (Å²) in [6.07, 6.45) is 10.5. The van der Waals surface area contributed by atoms with Gasteiger partial charge in [-0.15, -0.1) is 0 Å². The van der Waals surface area contributed by atoms with E-state index in [0.717, 1.165) is 51.4 Å². The fourth-order valence-corrected chi connectivity index (χ4v) is 3.20. The van der Waals surface area contributed by atoms with E-state index in [1.54, 1.807) is 0 Å². The molecule has 2 atom stereocenters. The third kappa shape index (κ3) is 13.7. The molecule has 0 rings (SSSR count). The van der Waals surface area contributed by atoms with Crippen molar-refractivity contribution in [2.45, 2.75) is 96.8 Å². The summed E-state index contributed by atoms with van der Waals surface area (Å²) in [6, 6.07) is 0. The predicted molar refractivity (Wildman–Crippen MR) is 100 cm³/mol. The van der Waals surface area contributed by atoms with Crippen molar-refractivity contribution >= 4 is 17.9 Å². The standard InChI is InChI=1S/C20H36O6/c1-2-3-4-8-11-16(19(23)24)14-15-17(20(25)26)12-9-6-5-7-10-13-18(21)22/h16-17H,2-15H2,1H3,(H,21,22)(H,23,24)(H,25,26). The zero-order valence-corrected chi connectivity index (χ0v) is 16.1. The summed E-state index contributed by atoms with van der Waals surface area (Å²) in [5.74, 6) is -3.36. The minimum absolute atomic E-state index is 0.187. The van der Waals surface area contributed by atoms with Crippen LogP contribution in [0.25, 0.3) is 0 Å². The van der Waals surface area contributed by atoms with E-state index >= 15 is 0 Å². The molecule has 0 heterocycles. The normalized spacial score (nSPS) is 13.3. The lowest BCUT2D eigenvalue weighted by atomic mass is 9.89. The number of unbranched alkanes of at least 4 members (excludes halogenated alkanes) is 7. The molecule has 6 nitrogen and oxygen atoms in total. The van der Waals surface area contributed by atoms with Crippen LogP contribution in [0.4, 0.5) is 0 Å². The van der Waals surface area contributed by atoms with E-state index in [-0.39, 0.29) is 6.42 Å².